The summed E-state index contributed by atoms with van der Waals surface area (Å²) < 4.78 is 0. The maximum absolute atomic E-state index is 11.9. The van der Waals surface area contributed by atoms with E-state index in [1.807, 2.05) is 0 Å². The SMILES string of the molecule is CNC(=O)NC(=O)C(C)NCC1(N(C)C)CCCC(C)C1. The fourth-order valence-corrected chi connectivity index (χ4v) is 3.08. The highest BCUT2D eigenvalue weighted by Gasteiger charge is 2.37. The zero-order valence-corrected chi connectivity index (χ0v) is 14.0. The Morgan fingerprint density at radius 2 is 2.05 bits per heavy atom. The smallest absolute Gasteiger partial charge is 0.321 e. The van der Waals surface area contributed by atoms with Gasteiger partial charge in [-0.1, -0.05) is 19.8 Å². The largest absolute Gasteiger partial charge is 0.341 e. The van der Waals surface area contributed by atoms with Gasteiger partial charge in [0.1, 0.15) is 0 Å². The van der Waals surface area contributed by atoms with Crippen molar-refractivity contribution in [3.63, 3.8) is 0 Å². The predicted octanol–water partition coefficient (Wildman–Crippen LogP) is 0.931. The molecule has 0 radical (unpaired) electrons. The van der Waals surface area contributed by atoms with E-state index in [0.29, 0.717) is 5.92 Å². The lowest BCUT2D eigenvalue weighted by Crippen LogP contribution is -2.57. The molecule has 122 valence electrons. The zero-order chi connectivity index (χ0) is 16.0. The summed E-state index contributed by atoms with van der Waals surface area (Å²) in [6, 6.07) is -0.862. The van der Waals surface area contributed by atoms with E-state index in [2.05, 4.69) is 41.9 Å². The van der Waals surface area contributed by atoms with Crippen molar-refractivity contribution in [3.8, 4) is 0 Å². The number of likely N-dealkylation sites (N-methyl/N-ethyl adjacent to an activating group) is 1. The lowest BCUT2D eigenvalue weighted by molar-refractivity contribution is -0.121. The van der Waals surface area contributed by atoms with Crippen LogP contribution in [0.15, 0.2) is 0 Å². The fourth-order valence-electron chi connectivity index (χ4n) is 3.08. The lowest BCUT2D eigenvalue weighted by Gasteiger charge is -2.45. The van der Waals surface area contributed by atoms with Gasteiger partial charge in [0.05, 0.1) is 6.04 Å². The van der Waals surface area contributed by atoms with Crippen LogP contribution in [0.2, 0.25) is 0 Å². The fraction of sp³-hybridized carbons (Fsp3) is 0.867. The third kappa shape index (κ3) is 4.97. The summed E-state index contributed by atoms with van der Waals surface area (Å²) in [4.78, 5) is 25.3. The van der Waals surface area contributed by atoms with E-state index in [0.717, 1.165) is 19.4 Å². The van der Waals surface area contributed by atoms with E-state index in [4.69, 9.17) is 0 Å². The van der Waals surface area contributed by atoms with Gasteiger partial charge in [-0.15, -0.1) is 0 Å². The van der Waals surface area contributed by atoms with Crippen LogP contribution in [-0.4, -0.2) is 56.1 Å². The number of urea groups is 1. The molecule has 6 heteroatoms. The summed E-state index contributed by atoms with van der Waals surface area (Å²) in [5.74, 6) is 0.407. The van der Waals surface area contributed by atoms with E-state index in [1.165, 1.54) is 19.9 Å². The van der Waals surface area contributed by atoms with Gasteiger partial charge < -0.3 is 15.5 Å². The Morgan fingerprint density at radius 3 is 2.57 bits per heavy atom. The van der Waals surface area contributed by atoms with Crippen molar-refractivity contribution in [1.82, 2.24) is 20.9 Å². The number of rotatable bonds is 5. The maximum atomic E-state index is 11.9. The van der Waals surface area contributed by atoms with Crippen LogP contribution >= 0.6 is 0 Å². The van der Waals surface area contributed by atoms with Crippen LogP contribution in [0, 0.1) is 5.92 Å². The number of hydrogen-bond acceptors (Lipinski definition) is 4. The maximum Gasteiger partial charge on any atom is 0.321 e. The molecule has 0 aliphatic heterocycles. The minimum atomic E-state index is -0.470. The van der Waals surface area contributed by atoms with Crippen molar-refractivity contribution in [2.45, 2.75) is 51.1 Å². The minimum Gasteiger partial charge on any atom is -0.341 e. The van der Waals surface area contributed by atoms with Crippen molar-refractivity contribution in [2.24, 2.45) is 5.92 Å². The average Bonchev–Trinajstić information content (AvgIpc) is 2.44. The van der Waals surface area contributed by atoms with E-state index < -0.39 is 12.1 Å². The van der Waals surface area contributed by atoms with Gasteiger partial charge in [0.15, 0.2) is 0 Å². The molecule has 3 N–H and O–H groups in total. The van der Waals surface area contributed by atoms with Crippen LogP contribution in [0.5, 0.6) is 0 Å². The molecule has 6 nitrogen and oxygen atoms in total. The van der Waals surface area contributed by atoms with E-state index in [9.17, 15) is 9.59 Å². The first-order valence-electron chi connectivity index (χ1n) is 7.74. The molecule has 0 aromatic rings. The first-order valence-corrected chi connectivity index (χ1v) is 7.74. The van der Waals surface area contributed by atoms with E-state index >= 15 is 0 Å². The first-order chi connectivity index (χ1) is 9.80. The molecular weight excluding hydrogens is 268 g/mol. The Hall–Kier alpha value is -1.14. The van der Waals surface area contributed by atoms with E-state index in [-0.39, 0.29) is 11.4 Å². The molecule has 3 amide bonds. The third-order valence-corrected chi connectivity index (χ3v) is 4.61. The van der Waals surface area contributed by atoms with Gasteiger partial charge in [0.25, 0.3) is 0 Å². The summed E-state index contributed by atoms with van der Waals surface area (Å²) in [7, 11) is 5.70. The quantitative estimate of drug-likeness (QED) is 0.706. The first kappa shape index (κ1) is 17.9. The summed E-state index contributed by atoms with van der Waals surface area (Å²) in [5.41, 5.74) is 0.0965. The predicted molar refractivity (Wildman–Crippen MR) is 84.1 cm³/mol. The van der Waals surface area contributed by atoms with Crippen LogP contribution in [0.1, 0.15) is 39.5 Å². The van der Waals surface area contributed by atoms with Gasteiger partial charge in [0.2, 0.25) is 5.91 Å². The number of amides is 3. The lowest BCUT2D eigenvalue weighted by atomic mass is 9.75. The second-order valence-electron chi connectivity index (χ2n) is 6.49. The van der Waals surface area contributed by atoms with Gasteiger partial charge in [0, 0.05) is 19.1 Å². The van der Waals surface area contributed by atoms with Crippen molar-refractivity contribution in [1.29, 1.82) is 0 Å². The molecule has 0 spiro atoms. The van der Waals surface area contributed by atoms with Gasteiger partial charge in [-0.05, 0) is 39.8 Å². The molecule has 21 heavy (non-hydrogen) atoms. The second kappa shape index (κ2) is 7.75. The summed E-state index contributed by atoms with van der Waals surface area (Å²) in [6.07, 6.45) is 4.78. The monoisotopic (exact) mass is 298 g/mol. The molecular formula is C15H30N4O2. The normalized spacial score (nSPS) is 27.2. The number of hydrogen-bond donors (Lipinski definition) is 3. The third-order valence-electron chi connectivity index (χ3n) is 4.61. The Balaban J connectivity index is 2.57. The topological polar surface area (TPSA) is 73.5 Å². The molecule has 0 aromatic carbocycles. The van der Waals surface area contributed by atoms with Crippen LogP contribution in [0.3, 0.4) is 0 Å². The van der Waals surface area contributed by atoms with Crippen molar-refractivity contribution in [3.05, 3.63) is 0 Å². The zero-order valence-electron chi connectivity index (χ0n) is 14.0. The number of nitrogens with zero attached hydrogens (tertiary/aromatic N) is 1. The molecule has 0 aromatic heterocycles. The number of imide groups is 1. The molecule has 1 aliphatic carbocycles. The molecule has 1 aliphatic rings. The number of carbonyl (C=O) groups is 2. The highest BCUT2D eigenvalue weighted by molar-refractivity contribution is 5.96. The van der Waals surface area contributed by atoms with Crippen molar-refractivity contribution >= 4 is 11.9 Å². The summed E-state index contributed by atoms with van der Waals surface area (Å²) >= 11 is 0. The molecule has 1 rings (SSSR count). The number of carbonyl (C=O) groups excluding carboxylic acids is 2. The average molecular weight is 298 g/mol. The van der Waals surface area contributed by atoms with Crippen molar-refractivity contribution in [2.75, 3.05) is 27.7 Å². The molecule has 0 bridgehead atoms. The van der Waals surface area contributed by atoms with Gasteiger partial charge >= 0.3 is 6.03 Å². The minimum absolute atomic E-state index is 0.0965. The van der Waals surface area contributed by atoms with Crippen molar-refractivity contribution < 1.29 is 9.59 Å². The molecule has 0 heterocycles. The van der Waals surface area contributed by atoms with Gasteiger partial charge in [-0.25, -0.2) is 4.79 Å². The summed E-state index contributed by atoms with van der Waals surface area (Å²) in [6.45, 7) is 4.83. The van der Waals surface area contributed by atoms with Crippen LogP contribution < -0.4 is 16.0 Å². The summed E-state index contributed by atoms with van der Waals surface area (Å²) in [5, 5.41) is 7.97. The Morgan fingerprint density at radius 1 is 1.38 bits per heavy atom. The van der Waals surface area contributed by atoms with Gasteiger partial charge in [-0.2, -0.15) is 0 Å². The molecule has 1 fully saturated rings. The van der Waals surface area contributed by atoms with Crippen LogP contribution in [0.25, 0.3) is 0 Å². The molecule has 3 unspecified atom stereocenters. The highest BCUT2D eigenvalue weighted by Crippen LogP contribution is 2.35. The van der Waals surface area contributed by atoms with E-state index in [1.54, 1.807) is 6.92 Å². The highest BCUT2D eigenvalue weighted by atomic mass is 16.2. The molecule has 0 saturated heterocycles. The van der Waals surface area contributed by atoms with Gasteiger partial charge in [-0.3, -0.25) is 10.1 Å². The van der Waals surface area contributed by atoms with Crippen LogP contribution in [0.4, 0.5) is 4.79 Å². The Bertz CT molecular complexity index is 373. The standard InChI is InChI=1S/C15H30N4O2/c1-11-7-6-8-15(9-11,19(4)5)10-17-12(2)13(20)18-14(21)16-3/h11-12,17H,6-10H2,1-5H3,(H2,16,18,20,21). The number of nitrogens with one attached hydrogen (secondary N) is 3. The second-order valence-corrected chi connectivity index (χ2v) is 6.49. The Labute approximate surface area is 128 Å². The molecule has 3 atom stereocenters. The Kier molecular flexibility index (Phi) is 6.61. The van der Waals surface area contributed by atoms with Crippen LogP contribution in [-0.2, 0) is 4.79 Å². The molecule has 1 saturated carbocycles.